The van der Waals surface area contributed by atoms with Crippen LogP contribution in [-0.2, 0) is 5.41 Å². The number of rotatable bonds is 3. The maximum absolute atomic E-state index is 9.56. The van der Waals surface area contributed by atoms with Crippen molar-refractivity contribution in [2.75, 3.05) is 18.0 Å². The first-order valence-corrected chi connectivity index (χ1v) is 8.19. The molecule has 120 valence electrons. The van der Waals surface area contributed by atoms with Crippen LogP contribution in [0.4, 0.5) is 5.69 Å². The zero-order valence-electron chi connectivity index (χ0n) is 13.9. The van der Waals surface area contributed by atoms with Gasteiger partial charge in [0.05, 0.1) is 17.7 Å². The van der Waals surface area contributed by atoms with Crippen LogP contribution in [0.1, 0.15) is 25.8 Å². The summed E-state index contributed by atoms with van der Waals surface area (Å²) in [6.45, 7) is 6.08. The Bertz CT molecular complexity index is 944. The summed E-state index contributed by atoms with van der Waals surface area (Å²) in [5.41, 5.74) is 4.67. The third-order valence-corrected chi connectivity index (χ3v) is 4.81. The number of H-pyrrole nitrogens is 1. The Morgan fingerprint density at radius 2 is 2.08 bits per heavy atom. The molecule has 1 aliphatic rings. The summed E-state index contributed by atoms with van der Waals surface area (Å²) in [5, 5.41) is 17.6. The van der Waals surface area contributed by atoms with Crippen molar-refractivity contribution < 1.29 is 0 Å². The fraction of sp³-hybridized carbons (Fsp3) is 0.316. The van der Waals surface area contributed by atoms with Crippen molar-refractivity contribution in [2.45, 2.75) is 25.7 Å². The average molecular weight is 317 g/mol. The summed E-state index contributed by atoms with van der Waals surface area (Å²) in [7, 11) is 0. The highest BCUT2D eigenvalue weighted by molar-refractivity contribution is 5.93. The monoisotopic (exact) mass is 317 g/mol. The minimum atomic E-state index is -0.530. The lowest BCUT2D eigenvalue weighted by molar-refractivity contribution is 0.615. The van der Waals surface area contributed by atoms with Crippen LogP contribution in [0.25, 0.3) is 22.2 Å². The fourth-order valence-electron chi connectivity index (χ4n) is 3.05. The van der Waals surface area contributed by atoms with Gasteiger partial charge in [0.2, 0.25) is 0 Å². The van der Waals surface area contributed by atoms with E-state index < -0.39 is 5.41 Å². The van der Waals surface area contributed by atoms with Gasteiger partial charge in [-0.25, -0.2) is 4.98 Å². The van der Waals surface area contributed by atoms with Gasteiger partial charge in [-0.15, -0.1) is 0 Å². The number of aromatic nitrogens is 3. The van der Waals surface area contributed by atoms with Crippen LogP contribution >= 0.6 is 0 Å². The van der Waals surface area contributed by atoms with Crippen LogP contribution in [0.15, 0.2) is 36.7 Å². The van der Waals surface area contributed by atoms with Gasteiger partial charge in [0.15, 0.2) is 5.65 Å². The molecule has 4 rings (SSSR count). The summed E-state index contributed by atoms with van der Waals surface area (Å²) >= 11 is 0. The molecule has 0 unspecified atom stereocenters. The van der Waals surface area contributed by atoms with Gasteiger partial charge in [0.1, 0.15) is 0 Å². The molecule has 0 spiro atoms. The highest BCUT2D eigenvalue weighted by atomic mass is 15.2. The summed E-state index contributed by atoms with van der Waals surface area (Å²) in [5.74, 6) is 0. The minimum Gasteiger partial charge on any atom is -0.371 e. The quantitative estimate of drug-likeness (QED) is 0.801. The molecule has 2 aromatic heterocycles. The molecule has 1 fully saturated rings. The second-order valence-corrected chi connectivity index (χ2v) is 6.84. The van der Waals surface area contributed by atoms with Crippen LogP contribution in [-0.4, -0.2) is 28.3 Å². The molecule has 1 aromatic carbocycles. The third kappa shape index (κ3) is 2.31. The van der Waals surface area contributed by atoms with Crippen LogP contribution < -0.4 is 4.90 Å². The Kier molecular flexibility index (Phi) is 3.27. The van der Waals surface area contributed by atoms with Crippen molar-refractivity contribution in [2.24, 2.45) is 0 Å². The third-order valence-electron chi connectivity index (χ3n) is 4.81. The van der Waals surface area contributed by atoms with Gasteiger partial charge in [0, 0.05) is 30.4 Å². The van der Waals surface area contributed by atoms with E-state index in [0.717, 1.165) is 40.8 Å². The topological polar surface area (TPSA) is 68.6 Å². The molecular weight excluding hydrogens is 298 g/mol. The van der Waals surface area contributed by atoms with Gasteiger partial charge in [-0.1, -0.05) is 0 Å². The first-order chi connectivity index (χ1) is 11.6. The molecule has 3 aromatic rings. The van der Waals surface area contributed by atoms with Gasteiger partial charge in [-0.2, -0.15) is 10.4 Å². The number of nitrogens with one attached hydrogen (secondary N) is 1. The molecule has 5 nitrogen and oxygen atoms in total. The number of nitrogens with zero attached hydrogens (tertiary/aromatic N) is 4. The minimum absolute atomic E-state index is 0.530. The Morgan fingerprint density at radius 1 is 1.25 bits per heavy atom. The van der Waals surface area contributed by atoms with Gasteiger partial charge >= 0.3 is 0 Å². The van der Waals surface area contributed by atoms with Crippen LogP contribution in [0.2, 0.25) is 0 Å². The molecule has 0 radical (unpaired) electrons. The molecule has 3 heterocycles. The Labute approximate surface area is 140 Å². The largest absolute Gasteiger partial charge is 0.371 e. The molecule has 0 saturated carbocycles. The highest BCUT2D eigenvalue weighted by Crippen LogP contribution is 2.35. The van der Waals surface area contributed by atoms with Crippen LogP contribution in [0.5, 0.6) is 0 Å². The molecule has 0 bridgehead atoms. The number of hydrogen-bond donors (Lipinski definition) is 1. The van der Waals surface area contributed by atoms with E-state index in [9.17, 15) is 5.26 Å². The average Bonchev–Trinajstić information content (AvgIpc) is 3.01. The number of aromatic amines is 1. The first kappa shape index (κ1) is 14.7. The molecule has 1 aliphatic heterocycles. The first-order valence-electron chi connectivity index (χ1n) is 8.19. The maximum atomic E-state index is 9.56. The summed E-state index contributed by atoms with van der Waals surface area (Å²) in [4.78, 5) is 6.67. The zero-order chi connectivity index (χ0) is 16.7. The van der Waals surface area contributed by atoms with Gasteiger partial charge in [0.25, 0.3) is 0 Å². The van der Waals surface area contributed by atoms with E-state index >= 15 is 0 Å². The van der Waals surface area contributed by atoms with E-state index in [0.29, 0.717) is 0 Å². The molecule has 0 atom stereocenters. The molecular formula is C19H19N5. The second kappa shape index (κ2) is 5.34. The predicted octanol–water partition coefficient (Wildman–Crippen LogP) is 3.64. The van der Waals surface area contributed by atoms with E-state index in [1.807, 2.05) is 26.1 Å². The predicted molar refractivity (Wildman–Crippen MR) is 94.8 cm³/mol. The van der Waals surface area contributed by atoms with E-state index in [4.69, 9.17) is 0 Å². The lowest BCUT2D eigenvalue weighted by Crippen LogP contribution is -2.37. The lowest BCUT2D eigenvalue weighted by atomic mass is 9.84. The molecule has 5 heteroatoms. The molecule has 24 heavy (non-hydrogen) atoms. The van der Waals surface area contributed by atoms with Crippen LogP contribution in [0, 0.1) is 11.3 Å². The van der Waals surface area contributed by atoms with Crippen molar-refractivity contribution in [3.05, 3.63) is 42.2 Å². The molecule has 0 aliphatic carbocycles. The normalized spacial score (nSPS) is 14.5. The summed E-state index contributed by atoms with van der Waals surface area (Å²) in [6.07, 6.45) is 4.83. The van der Waals surface area contributed by atoms with Crippen molar-refractivity contribution in [3.8, 4) is 17.2 Å². The molecule has 1 saturated heterocycles. The number of nitriles is 1. The maximum Gasteiger partial charge on any atom is 0.155 e. The van der Waals surface area contributed by atoms with Crippen molar-refractivity contribution in [1.82, 2.24) is 15.2 Å². The number of pyridine rings is 1. The molecule has 1 N–H and O–H groups in total. The summed E-state index contributed by atoms with van der Waals surface area (Å²) in [6, 6.07) is 10.9. The Balaban J connectivity index is 1.93. The highest BCUT2D eigenvalue weighted by Gasteiger charge is 2.24. The van der Waals surface area contributed by atoms with E-state index in [-0.39, 0.29) is 0 Å². The van der Waals surface area contributed by atoms with Crippen molar-refractivity contribution >= 4 is 16.7 Å². The molecule has 0 amide bonds. The number of benzene rings is 1. The number of anilines is 1. The smallest absolute Gasteiger partial charge is 0.155 e. The van der Waals surface area contributed by atoms with Gasteiger partial charge in [-0.05, 0) is 61.2 Å². The Morgan fingerprint density at radius 3 is 2.79 bits per heavy atom. The second-order valence-electron chi connectivity index (χ2n) is 6.84. The Hall–Kier alpha value is -2.87. The van der Waals surface area contributed by atoms with Gasteiger partial charge in [-0.3, -0.25) is 5.10 Å². The van der Waals surface area contributed by atoms with Crippen molar-refractivity contribution in [1.29, 1.82) is 5.26 Å². The fourth-order valence-corrected chi connectivity index (χ4v) is 3.05. The van der Waals surface area contributed by atoms with Crippen LogP contribution in [0.3, 0.4) is 0 Å². The van der Waals surface area contributed by atoms with E-state index in [1.54, 1.807) is 6.20 Å². The lowest BCUT2D eigenvalue weighted by Gasteiger charge is -2.34. The number of fused-ring (bicyclic) bond motifs is 1. The summed E-state index contributed by atoms with van der Waals surface area (Å²) < 4.78 is 0. The van der Waals surface area contributed by atoms with Crippen molar-refractivity contribution in [3.63, 3.8) is 0 Å². The van der Waals surface area contributed by atoms with E-state index in [2.05, 4.69) is 44.3 Å². The standard InChI is InChI=1S/C19H19N5/c1-19(2,12-20)14-8-13(9-15(10-14)24-6-3-7-24)16-4-5-21-18-17(16)11-22-23-18/h4-5,8-11H,3,6-7H2,1-2H3,(H,21,22,23). The SMILES string of the molecule is CC(C)(C#N)c1cc(-c2ccnc3[nH]ncc23)cc(N2CCC2)c1. The zero-order valence-corrected chi connectivity index (χ0v) is 13.9. The number of hydrogen-bond acceptors (Lipinski definition) is 4. The van der Waals surface area contributed by atoms with Gasteiger partial charge < -0.3 is 4.90 Å². The van der Waals surface area contributed by atoms with E-state index in [1.165, 1.54) is 12.1 Å².